The molecule has 0 fully saturated rings. The third kappa shape index (κ3) is 4.39. The van der Waals surface area contributed by atoms with Gasteiger partial charge in [0.05, 0.1) is 0 Å². The molecule has 0 atom stereocenters. The molecule has 0 spiro atoms. The largest absolute Gasteiger partial charge is 0.372 e. The molecule has 0 saturated heterocycles. The first-order chi connectivity index (χ1) is 8.95. The van der Waals surface area contributed by atoms with Crippen molar-refractivity contribution in [2.75, 3.05) is 0 Å². The van der Waals surface area contributed by atoms with Crippen molar-refractivity contribution in [2.45, 2.75) is 6.92 Å². The Bertz CT molecular complexity index is 566. The van der Waals surface area contributed by atoms with Gasteiger partial charge in [-0.2, -0.15) is 0 Å². The number of benzene rings is 2. The summed E-state index contributed by atoms with van der Waals surface area (Å²) >= 11 is 17.9. The minimum Gasteiger partial charge on any atom is -0.121 e. The number of rotatable bonds is 3. The van der Waals surface area contributed by atoms with Gasteiger partial charge in [-0.05, 0) is 23.2 Å². The van der Waals surface area contributed by atoms with Crippen LogP contribution in [0.2, 0.25) is 0 Å². The minimum atomic E-state index is -2.76. The number of halogens is 3. The van der Waals surface area contributed by atoms with Crippen molar-refractivity contribution in [2.24, 2.45) is 0 Å². The van der Waals surface area contributed by atoms with Crippen molar-refractivity contribution in [3.8, 4) is 0 Å². The van der Waals surface area contributed by atoms with Gasteiger partial charge < -0.3 is 0 Å². The third-order valence-electron chi connectivity index (χ3n) is 2.78. The molecule has 0 aliphatic heterocycles. The number of hydrogen-bond acceptors (Lipinski definition) is 0. The average molecular weight is 328 g/mol. The van der Waals surface area contributed by atoms with Crippen LogP contribution in [0.1, 0.15) is 16.7 Å². The Kier molecular flexibility index (Phi) is 4.75. The zero-order valence-electron chi connectivity index (χ0n) is 10.4. The summed E-state index contributed by atoms with van der Waals surface area (Å²) in [5.41, 5.74) is 3.52. The van der Waals surface area contributed by atoms with Gasteiger partial charge in [0, 0.05) is 0 Å². The monoisotopic (exact) mass is 326 g/mol. The summed E-state index contributed by atoms with van der Waals surface area (Å²) in [7, 11) is 0. The number of hydrogen-bond donors (Lipinski definition) is 0. The normalized spacial score (nSPS) is 12.0. The van der Waals surface area contributed by atoms with Crippen molar-refractivity contribution in [1.29, 1.82) is 0 Å². The van der Waals surface area contributed by atoms with E-state index in [1.165, 1.54) is 11.1 Å². The topological polar surface area (TPSA) is 0 Å². The van der Waals surface area contributed by atoms with Crippen LogP contribution in [0.15, 0.2) is 48.5 Å². The van der Waals surface area contributed by atoms with Crippen LogP contribution < -0.4 is 5.19 Å². The summed E-state index contributed by atoms with van der Waals surface area (Å²) in [4.78, 5) is 0. The summed E-state index contributed by atoms with van der Waals surface area (Å²) in [5.74, 6) is 0. The highest BCUT2D eigenvalue weighted by Crippen LogP contribution is 2.19. The van der Waals surface area contributed by atoms with Crippen LogP contribution in [0.5, 0.6) is 0 Å². The Morgan fingerprint density at radius 1 is 0.737 bits per heavy atom. The molecule has 2 aromatic rings. The summed E-state index contributed by atoms with van der Waals surface area (Å²) < 4.78 is 0. The molecule has 0 aliphatic rings. The lowest BCUT2D eigenvalue weighted by Gasteiger charge is -2.07. The Morgan fingerprint density at radius 3 is 1.58 bits per heavy atom. The lowest BCUT2D eigenvalue weighted by atomic mass is 10.1. The van der Waals surface area contributed by atoms with Gasteiger partial charge in [-0.1, -0.05) is 66.2 Å². The van der Waals surface area contributed by atoms with Crippen molar-refractivity contribution < 1.29 is 0 Å². The molecular weight excluding hydrogens is 315 g/mol. The highest BCUT2D eigenvalue weighted by Gasteiger charge is 2.27. The predicted octanol–water partition coefficient (Wildman–Crippen LogP) is 5.03. The van der Waals surface area contributed by atoms with Gasteiger partial charge in [0.15, 0.2) is 0 Å². The van der Waals surface area contributed by atoms with Crippen LogP contribution in [-0.4, -0.2) is 6.00 Å². The fraction of sp³-hybridized carbons (Fsp3) is 0.0667. The second kappa shape index (κ2) is 6.15. The van der Waals surface area contributed by atoms with Crippen LogP contribution in [0.25, 0.3) is 12.2 Å². The molecule has 2 rings (SSSR count). The van der Waals surface area contributed by atoms with Crippen molar-refractivity contribution in [3.63, 3.8) is 0 Å². The highest BCUT2D eigenvalue weighted by atomic mass is 35.8. The Morgan fingerprint density at radius 2 is 1.16 bits per heavy atom. The first-order valence-corrected chi connectivity index (χ1v) is 10.9. The van der Waals surface area contributed by atoms with E-state index in [0.717, 1.165) is 10.8 Å². The van der Waals surface area contributed by atoms with E-state index in [-0.39, 0.29) is 0 Å². The molecule has 0 aromatic heterocycles. The standard InChI is InChI=1S/C15H13Cl3Si/c1-12-2-4-13(5-3-12)6-7-14-8-10-15(11-9-14)19(16,17)18/h2-11H,1H3. The highest BCUT2D eigenvalue weighted by molar-refractivity contribution is 7.69. The number of aryl methyl sites for hydroxylation is 1. The van der Waals surface area contributed by atoms with Crippen molar-refractivity contribution in [3.05, 3.63) is 65.2 Å². The Labute approximate surface area is 128 Å². The van der Waals surface area contributed by atoms with Gasteiger partial charge in [0.1, 0.15) is 0 Å². The molecule has 0 saturated carbocycles. The molecule has 0 amide bonds. The SMILES string of the molecule is Cc1ccc(C=Cc2ccc([Si](Cl)(Cl)Cl)cc2)cc1. The molecule has 0 radical (unpaired) electrons. The second-order valence-electron chi connectivity index (χ2n) is 4.36. The lowest BCUT2D eigenvalue weighted by molar-refractivity contribution is 1.46. The average Bonchev–Trinajstić information content (AvgIpc) is 2.37. The first kappa shape index (κ1) is 14.7. The van der Waals surface area contributed by atoms with Gasteiger partial charge in [0.2, 0.25) is 0 Å². The zero-order chi connectivity index (χ0) is 13.9. The molecular formula is C15H13Cl3Si. The van der Waals surface area contributed by atoms with E-state index in [4.69, 9.17) is 33.2 Å². The molecule has 98 valence electrons. The van der Waals surface area contributed by atoms with E-state index in [9.17, 15) is 0 Å². The van der Waals surface area contributed by atoms with Gasteiger partial charge in [-0.3, -0.25) is 0 Å². The van der Waals surface area contributed by atoms with E-state index in [1.807, 2.05) is 30.3 Å². The smallest absolute Gasteiger partial charge is 0.121 e. The van der Waals surface area contributed by atoms with Gasteiger partial charge >= 0.3 is 6.00 Å². The van der Waals surface area contributed by atoms with Crippen LogP contribution in [0.3, 0.4) is 0 Å². The molecule has 2 aromatic carbocycles. The maximum Gasteiger partial charge on any atom is 0.372 e. The van der Waals surface area contributed by atoms with E-state index in [2.05, 4.69) is 37.3 Å². The van der Waals surface area contributed by atoms with E-state index in [1.54, 1.807) is 0 Å². The van der Waals surface area contributed by atoms with Crippen LogP contribution in [-0.2, 0) is 0 Å². The Balaban J connectivity index is 2.13. The maximum absolute atomic E-state index is 5.95. The van der Waals surface area contributed by atoms with Gasteiger partial charge in [-0.15, -0.1) is 33.2 Å². The van der Waals surface area contributed by atoms with E-state index >= 15 is 0 Å². The fourth-order valence-corrected chi connectivity index (χ4v) is 3.33. The summed E-state index contributed by atoms with van der Waals surface area (Å²) in [5, 5.41) is 0.810. The molecule has 4 heteroatoms. The first-order valence-electron chi connectivity index (χ1n) is 5.87. The predicted molar refractivity (Wildman–Crippen MR) is 89.5 cm³/mol. The molecule has 0 N–H and O–H groups in total. The summed E-state index contributed by atoms with van der Waals surface area (Å²) in [6, 6.07) is 13.3. The lowest BCUT2D eigenvalue weighted by Crippen LogP contribution is -2.29. The van der Waals surface area contributed by atoms with Crippen molar-refractivity contribution >= 4 is 56.6 Å². The summed E-state index contributed by atoms with van der Waals surface area (Å²) in [6.45, 7) is 2.08. The third-order valence-corrected chi connectivity index (χ3v) is 5.74. The van der Waals surface area contributed by atoms with Gasteiger partial charge in [-0.25, -0.2) is 0 Å². The van der Waals surface area contributed by atoms with Crippen LogP contribution in [0.4, 0.5) is 0 Å². The quantitative estimate of drug-likeness (QED) is 0.421. The van der Waals surface area contributed by atoms with Gasteiger partial charge in [0.25, 0.3) is 0 Å². The van der Waals surface area contributed by atoms with Crippen LogP contribution in [0, 0.1) is 6.92 Å². The second-order valence-corrected chi connectivity index (χ2v) is 12.8. The van der Waals surface area contributed by atoms with E-state index in [0.29, 0.717) is 0 Å². The molecule has 0 aliphatic carbocycles. The molecule has 0 unspecified atom stereocenters. The molecule has 0 heterocycles. The fourth-order valence-electron chi connectivity index (χ4n) is 1.65. The molecule has 0 nitrogen and oxygen atoms in total. The van der Waals surface area contributed by atoms with E-state index < -0.39 is 6.00 Å². The van der Waals surface area contributed by atoms with Crippen LogP contribution >= 0.6 is 33.2 Å². The minimum absolute atomic E-state index is 0.810. The Hall–Kier alpha value is -0.733. The van der Waals surface area contributed by atoms with Crippen molar-refractivity contribution in [1.82, 2.24) is 0 Å². The zero-order valence-corrected chi connectivity index (χ0v) is 13.7. The molecule has 0 bridgehead atoms. The summed E-state index contributed by atoms with van der Waals surface area (Å²) in [6.07, 6.45) is 4.12. The molecule has 19 heavy (non-hydrogen) atoms. The maximum atomic E-state index is 5.95.